The van der Waals surface area contributed by atoms with Gasteiger partial charge in [0, 0.05) is 17.5 Å². The van der Waals surface area contributed by atoms with Crippen molar-refractivity contribution in [2.45, 2.75) is 25.0 Å². The highest BCUT2D eigenvalue weighted by Gasteiger charge is 2.41. The molecular formula is C18H23N3O5S2. The number of carbonyl (C=O) groups excluding carboxylic acids is 1. The van der Waals surface area contributed by atoms with Crippen LogP contribution in [-0.2, 0) is 21.5 Å². The van der Waals surface area contributed by atoms with E-state index >= 15 is 0 Å². The zero-order valence-electron chi connectivity index (χ0n) is 15.8. The van der Waals surface area contributed by atoms with E-state index in [0.717, 1.165) is 9.18 Å². The Morgan fingerprint density at radius 2 is 2.11 bits per heavy atom. The van der Waals surface area contributed by atoms with Gasteiger partial charge in [0.05, 0.1) is 26.8 Å². The van der Waals surface area contributed by atoms with E-state index in [1.165, 1.54) is 32.6 Å². The van der Waals surface area contributed by atoms with Crippen molar-refractivity contribution < 1.29 is 22.7 Å². The largest absolute Gasteiger partial charge is 0.497 e. The predicted molar refractivity (Wildman–Crippen MR) is 107 cm³/mol. The summed E-state index contributed by atoms with van der Waals surface area (Å²) in [5.41, 5.74) is 0.620. The summed E-state index contributed by atoms with van der Waals surface area (Å²) in [6.07, 6.45) is 0.259. The first-order chi connectivity index (χ1) is 13.4. The lowest BCUT2D eigenvalue weighted by atomic mass is 9.98. The second-order valence-electron chi connectivity index (χ2n) is 6.35. The summed E-state index contributed by atoms with van der Waals surface area (Å²) in [7, 11) is 0.605. The lowest BCUT2D eigenvalue weighted by Gasteiger charge is -2.36. The Bertz CT molecular complexity index is 931. The van der Waals surface area contributed by atoms with E-state index < -0.39 is 22.3 Å². The third kappa shape index (κ3) is 4.30. The van der Waals surface area contributed by atoms with Crippen LogP contribution in [0.15, 0.2) is 35.7 Å². The van der Waals surface area contributed by atoms with Crippen LogP contribution in [0.5, 0.6) is 11.5 Å². The lowest BCUT2D eigenvalue weighted by molar-refractivity contribution is -0.125. The van der Waals surface area contributed by atoms with Crippen molar-refractivity contribution in [2.24, 2.45) is 0 Å². The fraction of sp³-hybridized carbons (Fsp3) is 0.389. The second kappa shape index (κ2) is 8.48. The highest BCUT2D eigenvalue weighted by Crippen LogP contribution is 2.35. The molecule has 1 amide bonds. The first-order valence-corrected chi connectivity index (χ1v) is 10.9. The van der Waals surface area contributed by atoms with Crippen molar-refractivity contribution >= 4 is 27.5 Å². The molecule has 0 spiro atoms. The van der Waals surface area contributed by atoms with E-state index in [-0.39, 0.29) is 12.3 Å². The van der Waals surface area contributed by atoms with Crippen LogP contribution in [0.2, 0.25) is 0 Å². The first kappa shape index (κ1) is 20.6. The van der Waals surface area contributed by atoms with Crippen LogP contribution in [0.1, 0.15) is 22.9 Å². The van der Waals surface area contributed by atoms with Gasteiger partial charge >= 0.3 is 0 Å². The maximum absolute atomic E-state index is 12.7. The standard InChI is InChI=1S/C18H23N3O5S2/c1-21-16(18(22)19-11-13-5-4-8-27-13)10-15(20-28(21,23)24)14-9-12(25-2)6-7-17(14)26-3/h4-9,15-16,20H,10-11H2,1-3H3,(H,19,22)/t15-,16+/m0/s1. The highest BCUT2D eigenvalue weighted by molar-refractivity contribution is 7.87. The average Bonchev–Trinajstić information content (AvgIpc) is 3.21. The monoisotopic (exact) mass is 425 g/mol. The van der Waals surface area contributed by atoms with E-state index in [4.69, 9.17) is 9.47 Å². The molecule has 2 aromatic rings. The number of hydrogen-bond donors (Lipinski definition) is 2. The van der Waals surface area contributed by atoms with Gasteiger partial charge < -0.3 is 14.8 Å². The molecule has 2 atom stereocenters. The van der Waals surface area contributed by atoms with Gasteiger partial charge in [-0.2, -0.15) is 17.4 Å². The second-order valence-corrected chi connectivity index (χ2v) is 9.14. The van der Waals surface area contributed by atoms with Crippen LogP contribution in [0, 0.1) is 0 Å². The maximum atomic E-state index is 12.7. The summed E-state index contributed by atoms with van der Waals surface area (Å²) >= 11 is 1.53. The quantitative estimate of drug-likeness (QED) is 0.734. The number of methoxy groups -OCH3 is 2. The summed E-state index contributed by atoms with van der Waals surface area (Å²) in [4.78, 5) is 13.7. The van der Waals surface area contributed by atoms with E-state index in [9.17, 15) is 13.2 Å². The Labute approximate surface area is 168 Å². The molecule has 1 aromatic heterocycles. The summed E-state index contributed by atoms with van der Waals surface area (Å²) in [6, 6.07) is 7.52. The number of benzene rings is 1. The van der Waals surface area contributed by atoms with Crippen molar-refractivity contribution in [1.29, 1.82) is 0 Å². The highest BCUT2D eigenvalue weighted by atomic mass is 32.2. The summed E-state index contributed by atoms with van der Waals surface area (Å²) < 4.78 is 39.6. The maximum Gasteiger partial charge on any atom is 0.280 e. The van der Waals surface area contributed by atoms with E-state index in [1.807, 2.05) is 17.5 Å². The third-order valence-corrected chi connectivity index (χ3v) is 7.17. The molecule has 0 saturated carbocycles. The first-order valence-electron chi connectivity index (χ1n) is 8.63. The summed E-state index contributed by atoms with van der Waals surface area (Å²) in [5, 5.41) is 4.75. The number of nitrogens with zero attached hydrogens (tertiary/aromatic N) is 1. The Balaban J connectivity index is 1.85. The number of carbonyl (C=O) groups is 1. The SMILES string of the molecule is COc1ccc(OC)c([C@@H]2C[C@H](C(=O)NCc3cccs3)N(C)S(=O)(=O)N2)c1. The third-order valence-electron chi connectivity index (χ3n) is 4.70. The molecular weight excluding hydrogens is 402 g/mol. The minimum absolute atomic E-state index is 0.259. The minimum atomic E-state index is -3.84. The van der Waals surface area contributed by atoms with Gasteiger partial charge in [0.1, 0.15) is 17.5 Å². The predicted octanol–water partition coefficient (Wildman–Crippen LogP) is 1.66. The van der Waals surface area contributed by atoms with E-state index in [1.54, 1.807) is 18.2 Å². The number of nitrogens with one attached hydrogen (secondary N) is 2. The molecule has 0 bridgehead atoms. The van der Waals surface area contributed by atoms with Gasteiger partial charge in [-0.1, -0.05) is 6.07 Å². The smallest absolute Gasteiger partial charge is 0.280 e. The Kier molecular flexibility index (Phi) is 6.23. The van der Waals surface area contributed by atoms with Crippen LogP contribution < -0.4 is 19.5 Å². The topological polar surface area (TPSA) is 97.0 Å². The Morgan fingerprint density at radius 1 is 1.32 bits per heavy atom. The lowest BCUT2D eigenvalue weighted by Crippen LogP contribution is -2.57. The van der Waals surface area contributed by atoms with Crippen molar-refractivity contribution in [3.05, 3.63) is 46.2 Å². The number of likely N-dealkylation sites (N-methyl/N-ethyl adjacent to an activating group) is 1. The van der Waals surface area contributed by atoms with Gasteiger partial charge in [0.2, 0.25) is 5.91 Å². The number of ether oxygens (including phenoxy) is 2. The zero-order chi connectivity index (χ0) is 20.3. The van der Waals surface area contributed by atoms with Gasteiger partial charge in [-0.3, -0.25) is 4.79 Å². The van der Waals surface area contributed by atoms with Crippen molar-refractivity contribution in [2.75, 3.05) is 21.3 Å². The molecule has 3 rings (SSSR count). The van der Waals surface area contributed by atoms with Crippen LogP contribution in [0.3, 0.4) is 0 Å². The van der Waals surface area contributed by atoms with Crippen LogP contribution >= 0.6 is 11.3 Å². The van der Waals surface area contributed by atoms with E-state index in [2.05, 4.69) is 10.0 Å². The molecule has 28 heavy (non-hydrogen) atoms. The normalized spacial score (nSPS) is 21.8. The van der Waals surface area contributed by atoms with Crippen LogP contribution in [0.25, 0.3) is 0 Å². The van der Waals surface area contributed by atoms with Crippen LogP contribution in [0.4, 0.5) is 0 Å². The number of hydrogen-bond acceptors (Lipinski definition) is 6. The van der Waals surface area contributed by atoms with Gasteiger partial charge in [-0.15, -0.1) is 11.3 Å². The molecule has 1 aliphatic rings. The van der Waals surface area contributed by atoms with Gasteiger partial charge in [-0.25, -0.2) is 0 Å². The molecule has 8 nitrogen and oxygen atoms in total. The fourth-order valence-electron chi connectivity index (χ4n) is 3.13. The summed E-state index contributed by atoms with van der Waals surface area (Å²) in [5.74, 6) is 0.760. The van der Waals surface area contributed by atoms with Gasteiger partial charge in [0.25, 0.3) is 10.2 Å². The molecule has 1 aromatic carbocycles. The van der Waals surface area contributed by atoms with Crippen molar-refractivity contribution in [3.8, 4) is 11.5 Å². The Morgan fingerprint density at radius 3 is 2.75 bits per heavy atom. The van der Waals surface area contributed by atoms with Gasteiger partial charge in [-0.05, 0) is 36.1 Å². The van der Waals surface area contributed by atoms with Crippen LogP contribution in [-0.4, -0.2) is 45.9 Å². The van der Waals surface area contributed by atoms with Gasteiger partial charge in [0.15, 0.2) is 0 Å². The minimum Gasteiger partial charge on any atom is -0.497 e. The molecule has 1 saturated heterocycles. The number of rotatable bonds is 6. The number of amides is 1. The molecule has 0 unspecified atom stereocenters. The molecule has 0 aliphatic carbocycles. The van der Waals surface area contributed by atoms with Crippen molar-refractivity contribution in [3.63, 3.8) is 0 Å². The average molecular weight is 426 g/mol. The fourth-order valence-corrected chi connectivity index (χ4v) is 5.04. The Hall–Kier alpha value is -2.14. The molecule has 152 valence electrons. The molecule has 1 fully saturated rings. The van der Waals surface area contributed by atoms with E-state index in [0.29, 0.717) is 23.6 Å². The van der Waals surface area contributed by atoms with Crippen molar-refractivity contribution in [1.82, 2.24) is 14.3 Å². The molecule has 10 heteroatoms. The summed E-state index contributed by atoms with van der Waals surface area (Å²) in [6.45, 7) is 0.363. The number of thiophene rings is 1. The molecule has 0 radical (unpaired) electrons. The molecule has 1 aliphatic heterocycles. The molecule has 2 heterocycles. The molecule has 2 N–H and O–H groups in total. The zero-order valence-corrected chi connectivity index (χ0v) is 17.5.